The van der Waals surface area contributed by atoms with Gasteiger partial charge in [0.1, 0.15) is 0 Å². The van der Waals surface area contributed by atoms with E-state index < -0.39 is 7.60 Å². The van der Waals surface area contributed by atoms with Crippen LogP contribution < -0.4 is 5.30 Å². The van der Waals surface area contributed by atoms with Crippen molar-refractivity contribution < 1.29 is 13.6 Å². The molecular formula is C10H11O3PS. The van der Waals surface area contributed by atoms with Crippen LogP contribution in [0.25, 0.3) is 10.1 Å². The summed E-state index contributed by atoms with van der Waals surface area (Å²) in [5.41, 5.74) is 0. The monoisotopic (exact) mass is 242 g/mol. The number of rotatable bonds is 3. The van der Waals surface area contributed by atoms with E-state index in [1.807, 2.05) is 29.6 Å². The van der Waals surface area contributed by atoms with E-state index in [2.05, 4.69) is 0 Å². The molecule has 1 aromatic heterocycles. The molecule has 0 unspecified atom stereocenters. The van der Waals surface area contributed by atoms with Gasteiger partial charge in [0.2, 0.25) is 0 Å². The predicted molar refractivity (Wildman–Crippen MR) is 63.1 cm³/mol. The molecule has 15 heavy (non-hydrogen) atoms. The Balaban J connectivity index is 2.67. The van der Waals surface area contributed by atoms with Crippen LogP contribution >= 0.6 is 18.9 Å². The van der Waals surface area contributed by atoms with Gasteiger partial charge in [0.15, 0.2) is 0 Å². The van der Waals surface area contributed by atoms with Gasteiger partial charge in [0, 0.05) is 29.7 Å². The molecule has 0 amide bonds. The third kappa shape index (κ3) is 1.74. The van der Waals surface area contributed by atoms with Crippen LogP contribution in [0.5, 0.6) is 0 Å². The molecule has 0 aliphatic rings. The second kappa shape index (κ2) is 4.06. The average molecular weight is 242 g/mol. The highest BCUT2D eigenvalue weighted by Gasteiger charge is 2.27. The molecule has 0 fully saturated rings. The number of benzene rings is 1. The molecule has 0 aliphatic carbocycles. The molecule has 80 valence electrons. The minimum absolute atomic E-state index is 0.646. The van der Waals surface area contributed by atoms with Crippen molar-refractivity contribution in [3.63, 3.8) is 0 Å². The zero-order valence-electron chi connectivity index (χ0n) is 8.47. The number of hydrogen-bond acceptors (Lipinski definition) is 4. The SMILES string of the molecule is COP(=O)(OC)c1csc2ccccc12. The van der Waals surface area contributed by atoms with E-state index in [9.17, 15) is 4.57 Å². The standard InChI is InChI=1S/C10H11O3PS/c1-12-14(11,13-2)9-7-15-10-6-4-3-5-8(9)10/h3-7H,1-2H3. The maximum atomic E-state index is 12.2. The van der Waals surface area contributed by atoms with Crippen LogP contribution in [0.1, 0.15) is 0 Å². The smallest absolute Gasteiger partial charge is 0.309 e. The van der Waals surface area contributed by atoms with Crippen LogP contribution in [0.15, 0.2) is 29.6 Å². The fourth-order valence-electron chi connectivity index (χ4n) is 1.45. The van der Waals surface area contributed by atoms with Crippen molar-refractivity contribution in [2.75, 3.05) is 14.2 Å². The minimum atomic E-state index is -3.12. The maximum absolute atomic E-state index is 12.2. The molecule has 0 spiro atoms. The van der Waals surface area contributed by atoms with E-state index >= 15 is 0 Å². The first-order chi connectivity index (χ1) is 7.21. The quantitative estimate of drug-likeness (QED) is 0.776. The lowest BCUT2D eigenvalue weighted by Crippen LogP contribution is -2.05. The van der Waals surface area contributed by atoms with Gasteiger partial charge in [0.05, 0.1) is 5.30 Å². The molecule has 5 heteroatoms. The molecule has 1 aromatic carbocycles. The summed E-state index contributed by atoms with van der Waals surface area (Å²) < 4.78 is 23.2. The van der Waals surface area contributed by atoms with E-state index in [1.165, 1.54) is 25.6 Å². The van der Waals surface area contributed by atoms with E-state index in [4.69, 9.17) is 9.05 Å². The summed E-state index contributed by atoms with van der Waals surface area (Å²) in [6, 6.07) is 7.77. The lowest BCUT2D eigenvalue weighted by molar-refractivity contribution is 0.287. The highest BCUT2D eigenvalue weighted by Crippen LogP contribution is 2.48. The van der Waals surface area contributed by atoms with Gasteiger partial charge in [-0.15, -0.1) is 11.3 Å². The number of fused-ring (bicyclic) bond motifs is 1. The second-order valence-corrected chi connectivity index (χ2v) is 6.10. The summed E-state index contributed by atoms with van der Waals surface area (Å²) in [6.45, 7) is 0. The van der Waals surface area contributed by atoms with Gasteiger partial charge in [-0.3, -0.25) is 4.57 Å². The van der Waals surface area contributed by atoms with Gasteiger partial charge in [-0.25, -0.2) is 0 Å². The van der Waals surface area contributed by atoms with E-state index in [-0.39, 0.29) is 0 Å². The molecule has 3 nitrogen and oxygen atoms in total. The van der Waals surface area contributed by atoms with Gasteiger partial charge in [-0.05, 0) is 6.07 Å². The lowest BCUT2D eigenvalue weighted by atomic mass is 10.3. The highest BCUT2D eigenvalue weighted by molar-refractivity contribution is 7.63. The molecule has 2 aromatic rings. The molecule has 0 aliphatic heterocycles. The second-order valence-electron chi connectivity index (χ2n) is 2.98. The summed E-state index contributed by atoms with van der Waals surface area (Å²) in [5.74, 6) is 0. The number of hydrogen-bond donors (Lipinski definition) is 0. The van der Waals surface area contributed by atoms with Gasteiger partial charge >= 0.3 is 7.60 Å². The molecule has 0 radical (unpaired) electrons. The van der Waals surface area contributed by atoms with Crippen LogP contribution in [0, 0.1) is 0 Å². The largest absolute Gasteiger partial charge is 0.362 e. The summed E-state index contributed by atoms with van der Waals surface area (Å²) >= 11 is 1.54. The van der Waals surface area contributed by atoms with Crippen molar-refractivity contribution in [1.82, 2.24) is 0 Å². The first-order valence-electron chi connectivity index (χ1n) is 4.39. The molecule has 0 saturated heterocycles. The Bertz CT molecular complexity index is 512. The third-order valence-corrected chi connectivity index (χ3v) is 5.30. The summed E-state index contributed by atoms with van der Waals surface area (Å²) in [7, 11) is -0.322. The fourth-order valence-corrected chi connectivity index (χ4v) is 4.06. The van der Waals surface area contributed by atoms with Gasteiger partial charge in [-0.1, -0.05) is 18.2 Å². The van der Waals surface area contributed by atoms with E-state index in [0.717, 1.165) is 10.1 Å². The summed E-state index contributed by atoms with van der Waals surface area (Å²) in [6.07, 6.45) is 0. The first kappa shape index (κ1) is 10.8. The Hall–Kier alpha value is -0.670. The zero-order valence-corrected chi connectivity index (χ0v) is 10.2. The predicted octanol–water partition coefficient (Wildman–Crippen LogP) is 3.01. The van der Waals surface area contributed by atoms with Gasteiger partial charge < -0.3 is 9.05 Å². The normalized spacial score (nSPS) is 12.1. The zero-order chi connectivity index (χ0) is 10.9. The molecular weight excluding hydrogens is 231 g/mol. The topological polar surface area (TPSA) is 35.5 Å². The average Bonchev–Trinajstić information content (AvgIpc) is 2.72. The first-order valence-corrected chi connectivity index (χ1v) is 6.82. The third-order valence-electron chi connectivity index (χ3n) is 2.24. The molecule has 0 atom stereocenters. The summed E-state index contributed by atoms with van der Waals surface area (Å²) in [5, 5.41) is 3.42. The van der Waals surface area contributed by atoms with E-state index in [0.29, 0.717) is 5.30 Å². The van der Waals surface area contributed by atoms with Crippen LogP contribution in [-0.2, 0) is 13.6 Å². The lowest BCUT2D eigenvalue weighted by Gasteiger charge is -2.12. The van der Waals surface area contributed by atoms with Crippen LogP contribution in [0.3, 0.4) is 0 Å². The van der Waals surface area contributed by atoms with Crippen LogP contribution in [-0.4, -0.2) is 14.2 Å². The molecule has 0 N–H and O–H groups in total. The van der Waals surface area contributed by atoms with Crippen molar-refractivity contribution in [2.45, 2.75) is 0 Å². The van der Waals surface area contributed by atoms with Crippen molar-refractivity contribution in [2.24, 2.45) is 0 Å². The van der Waals surface area contributed by atoms with Crippen LogP contribution in [0.4, 0.5) is 0 Å². The van der Waals surface area contributed by atoms with Crippen molar-refractivity contribution in [3.05, 3.63) is 29.6 Å². The van der Waals surface area contributed by atoms with Crippen molar-refractivity contribution >= 4 is 34.3 Å². The Morgan fingerprint density at radius 3 is 2.53 bits per heavy atom. The molecule has 0 bridgehead atoms. The Morgan fingerprint density at radius 2 is 1.87 bits per heavy atom. The van der Waals surface area contributed by atoms with E-state index in [1.54, 1.807) is 0 Å². The highest BCUT2D eigenvalue weighted by atomic mass is 32.1. The summed E-state index contributed by atoms with van der Waals surface area (Å²) in [4.78, 5) is 0. The van der Waals surface area contributed by atoms with Gasteiger partial charge in [-0.2, -0.15) is 0 Å². The fraction of sp³-hybridized carbons (Fsp3) is 0.200. The Morgan fingerprint density at radius 1 is 1.20 bits per heavy atom. The number of thiophene rings is 1. The van der Waals surface area contributed by atoms with Gasteiger partial charge in [0.25, 0.3) is 0 Å². The molecule has 0 saturated carbocycles. The molecule has 2 rings (SSSR count). The Labute approximate surface area is 92.2 Å². The molecule has 1 heterocycles. The minimum Gasteiger partial charge on any atom is -0.309 e. The Kier molecular flexibility index (Phi) is 2.94. The van der Waals surface area contributed by atoms with Crippen molar-refractivity contribution in [3.8, 4) is 0 Å². The maximum Gasteiger partial charge on any atom is 0.362 e. The van der Waals surface area contributed by atoms with Crippen LogP contribution in [0.2, 0.25) is 0 Å². The van der Waals surface area contributed by atoms with Crippen molar-refractivity contribution in [1.29, 1.82) is 0 Å².